The van der Waals surface area contributed by atoms with Gasteiger partial charge < -0.3 is 9.30 Å². The van der Waals surface area contributed by atoms with Gasteiger partial charge in [0.1, 0.15) is 6.61 Å². The molecule has 0 aliphatic carbocycles. The van der Waals surface area contributed by atoms with Gasteiger partial charge in [-0.15, -0.1) is 0 Å². The lowest BCUT2D eigenvalue weighted by molar-refractivity contribution is -0.154. The Hall–Kier alpha value is -2.55. The minimum absolute atomic E-state index is 0.146. The van der Waals surface area contributed by atoms with Crippen LogP contribution in [0.1, 0.15) is 39.7 Å². The highest BCUT2D eigenvalue weighted by molar-refractivity contribution is 6.08. The maximum absolute atomic E-state index is 12.6. The van der Waals surface area contributed by atoms with Gasteiger partial charge in [-0.3, -0.25) is 4.79 Å². The van der Waals surface area contributed by atoms with E-state index in [2.05, 4.69) is 66.6 Å². The van der Waals surface area contributed by atoms with E-state index in [1.165, 1.54) is 21.8 Å². The molecule has 1 heterocycles. The van der Waals surface area contributed by atoms with Gasteiger partial charge in [0.2, 0.25) is 0 Å². The molecule has 0 radical (unpaired) electrons. The van der Waals surface area contributed by atoms with Crippen molar-refractivity contribution < 1.29 is 9.53 Å². The number of rotatable bonds is 7. The molecular weight excluding hydrogens is 322 g/mol. The van der Waals surface area contributed by atoms with Crippen LogP contribution in [0.2, 0.25) is 0 Å². The van der Waals surface area contributed by atoms with Crippen molar-refractivity contribution >= 4 is 27.8 Å². The summed E-state index contributed by atoms with van der Waals surface area (Å²) in [5.74, 6) is -0.146. The summed E-state index contributed by atoms with van der Waals surface area (Å²) in [6.45, 7) is 10.1. The summed E-state index contributed by atoms with van der Waals surface area (Å²) in [5.41, 5.74) is 1.90. The SMILES string of the molecule is C=CCOC(=O)C(C)(CC)CC(C)n1c2ccccc2c2ccccc21. The standard InChI is InChI=1S/C23H27NO2/c1-5-15-26-22(25)23(4,6-2)16-17(3)24-20-13-9-7-11-18(20)19-12-8-10-14-21(19)24/h5,7-14,17H,1,6,15-16H2,2-4H3. The highest BCUT2D eigenvalue weighted by atomic mass is 16.5. The number of hydrogen-bond donors (Lipinski definition) is 0. The lowest BCUT2D eigenvalue weighted by Crippen LogP contribution is -2.32. The van der Waals surface area contributed by atoms with Gasteiger partial charge in [-0.25, -0.2) is 0 Å². The molecule has 0 amide bonds. The van der Waals surface area contributed by atoms with Crippen molar-refractivity contribution in [1.29, 1.82) is 0 Å². The number of esters is 1. The molecule has 0 saturated carbocycles. The van der Waals surface area contributed by atoms with Crippen molar-refractivity contribution in [3.63, 3.8) is 0 Å². The Bertz CT molecular complexity index is 886. The van der Waals surface area contributed by atoms with Crippen LogP contribution in [-0.2, 0) is 9.53 Å². The molecule has 1 aromatic heterocycles. The van der Waals surface area contributed by atoms with Crippen LogP contribution in [0.15, 0.2) is 61.2 Å². The number of aromatic nitrogens is 1. The van der Waals surface area contributed by atoms with E-state index in [0.717, 1.165) is 12.8 Å². The quantitative estimate of drug-likeness (QED) is 0.393. The second kappa shape index (κ2) is 7.36. The van der Waals surface area contributed by atoms with E-state index in [-0.39, 0.29) is 18.6 Å². The summed E-state index contributed by atoms with van der Waals surface area (Å²) in [6, 6.07) is 17.1. The summed E-state index contributed by atoms with van der Waals surface area (Å²) in [6.07, 6.45) is 3.08. The minimum Gasteiger partial charge on any atom is -0.461 e. The lowest BCUT2D eigenvalue weighted by Gasteiger charge is -2.30. The summed E-state index contributed by atoms with van der Waals surface area (Å²) >= 11 is 0. The van der Waals surface area contributed by atoms with E-state index in [4.69, 9.17) is 4.74 Å². The van der Waals surface area contributed by atoms with Crippen molar-refractivity contribution in [1.82, 2.24) is 4.57 Å². The van der Waals surface area contributed by atoms with E-state index in [0.29, 0.717) is 0 Å². The molecule has 3 aromatic rings. The van der Waals surface area contributed by atoms with E-state index in [1.54, 1.807) is 6.08 Å². The van der Waals surface area contributed by atoms with Crippen LogP contribution in [0.25, 0.3) is 21.8 Å². The average Bonchev–Trinajstić information content (AvgIpc) is 3.00. The molecule has 0 bridgehead atoms. The monoisotopic (exact) mass is 349 g/mol. The van der Waals surface area contributed by atoms with Crippen LogP contribution in [0.3, 0.4) is 0 Å². The third kappa shape index (κ3) is 3.14. The van der Waals surface area contributed by atoms with Crippen LogP contribution < -0.4 is 0 Å². The van der Waals surface area contributed by atoms with Gasteiger partial charge in [0.05, 0.1) is 5.41 Å². The second-order valence-electron chi connectivity index (χ2n) is 7.26. The Balaban J connectivity index is 2.02. The molecule has 0 spiro atoms. The first-order valence-electron chi connectivity index (χ1n) is 9.27. The molecule has 2 aromatic carbocycles. The Morgan fingerprint density at radius 2 is 1.69 bits per heavy atom. The van der Waals surface area contributed by atoms with Gasteiger partial charge in [0.15, 0.2) is 0 Å². The number of nitrogens with zero attached hydrogens (tertiary/aromatic N) is 1. The summed E-state index contributed by atoms with van der Waals surface area (Å²) in [7, 11) is 0. The maximum Gasteiger partial charge on any atom is 0.312 e. The fourth-order valence-electron chi connectivity index (χ4n) is 3.85. The molecule has 136 valence electrons. The topological polar surface area (TPSA) is 31.2 Å². The van der Waals surface area contributed by atoms with Crippen LogP contribution in [0.5, 0.6) is 0 Å². The first kappa shape index (κ1) is 18.2. The zero-order valence-corrected chi connectivity index (χ0v) is 15.9. The fourth-order valence-corrected chi connectivity index (χ4v) is 3.85. The molecule has 2 unspecified atom stereocenters. The van der Waals surface area contributed by atoms with Gasteiger partial charge in [-0.1, -0.05) is 56.0 Å². The molecule has 2 atom stereocenters. The average molecular weight is 349 g/mol. The lowest BCUT2D eigenvalue weighted by atomic mass is 9.81. The number of ether oxygens (including phenoxy) is 1. The fraction of sp³-hybridized carbons (Fsp3) is 0.348. The van der Waals surface area contributed by atoms with Crippen molar-refractivity contribution in [2.24, 2.45) is 5.41 Å². The molecule has 0 aliphatic heterocycles. The van der Waals surface area contributed by atoms with Crippen LogP contribution in [0, 0.1) is 5.41 Å². The first-order chi connectivity index (χ1) is 12.5. The predicted molar refractivity (Wildman–Crippen MR) is 108 cm³/mol. The molecule has 3 rings (SSSR count). The molecule has 0 fully saturated rings. The summed E-state index contributed by atoms with van der Waals surface area (Å²) in [5, 5.41) is 2.50. The third-order valence-corrected chi connectivity index (χ3v) is 5.41. The number of fused-ring (bicyclic) bond motifs is 3. The second-order valence-corrected chi connectivity index (χ2v) is 7.26. The van der Waals surface area contributed by atoms with Crippen molar-refractivity contribution in [3.05, 3.63) is 61.2 Å². The Kier molecular flexibility index (Phi) is 5.17. The molecule has 3 nitrogen and oxygen atoms in total. The highest BCUT2D eigenvalue weighted by Crippen LogP contribution is 2.38. The van der Waals surface area contributed by atoms with E-state index in [9.17, 15) is 4.79 Å². The Morgan fingerprint density at radius 1 is 1.15 bits per heavy atom. The molecule has 26 heavy (non-hydrogen) atoms. The van der Waals surface area contributed by atoms with Crippen molar-refractivity contribution in [3.8, 4) is 0 Å². The maximum atomic E-state index is 12.6. The highest BCUT2D eigenvalue weighted by Gasteiger charge is 2.35. The minimum atomic E-state index is -0.519. The van der Waals surface area contributed by atoms with E-state index in [1.807, 2.05) is 13.8 Å². The summed E-state index contributed by atoms with van der Waals surface area (Å²) in [4.78, 5) is 12.6. The predicted octanol–water partition coefficient (Wildman–Crippen LogP) is 5.89. The van der Waals surface area contributed by atoms with Gasteiger partial charge in [0.25, 0.3) is 0 Å². The number of carbonyl (C=O) groups is 1. The van der Waals surface area contributed by atoms with Crippen molar-refractivity contribution in [2.45, 2.75) is 39.7 Å². The molecule has 0 saturated heterocycles. The van der Waals surface area contributed by atoms with E-state index >= 15 is 0 Å². The number of carbonyl (C=O) groups excluding carboxylic acids is 1. The van der Waals surface area contributed by atoms with Gasteiger partial charge >= 0.3 is 5.97 Å². The number of benzene rings is 2. The van der Waals surface area contributed by atoms with E-state index < -0.39 is 5.41 Å². The molecule has 0 N–H and O–H groups in total. The first-order valence-corrected chi connectivity index (χ1v) is 9.27. The zero-order valence-electron chi connectivity index (χ0n) is 15.9. The van der Waals surface area contributed by atoms with Gasteiger partial charge in [0, 0.05) is 27.8 Å². The Labute approximate surface area is 155 Å². The van der Waals surface area contributed by atoms with Crippen molar-refractivity contribution in [2.75, 3.05) is 6.61 Å². The number of para-hydroxylation sites is 2. The molecule has 0 aliphatic rings. The number of hydrogen-bond acceptors (Lipinski definition) is 2. The largest absolute Gasteiger partial charge is 0.461 e. The third-order valence-electron chi connectivity index (χ3n) is 5.41. The van der Waals surface area contributed by atoms with Gasteiger partial charge in [-0.2, -0.15) is 0 Å². The van der Waals surface area contributed by atoms with Crippen LogP contribution in [0.4, 0.5) is 0 Å². The zero-order chi connectivity index (χ0) is 18.7. The van der Waals surface area contributed by atoms with Gasteiger partial charge in [-0.05, 0) is 38.8 Å². The molecular formula is C23H27NO2. The van der Waals surface area contributed by atoms with Crippen LogP contribution >= 0.6 is 0 Å². The molecule has 3 heteroatoms. The van der Waals surface area contributed by atoms with Crippen LogP contribution in [-0.4, -0.2) is 17.1 Å². The Morgan fingerprint density at radius 3 is 2.19 bits per heavy atom. The summed E-state index contributed by atoms with van der Waals surface area (Å²) < 4.78 is 7.73. The normalized spacial score (nSPS) is 14.9. The smallest absolute Gasteiger partial charge is 0.312 e.